The van der Waals surface area contributed by atoms with Crippen LogP contribution in [0.5, 0.6) is 0 Å². The van der Waals surface area contributed by atoms with Crippen LogP contribution < -0.4 is 11.1 Å². The first-order chi connectivity index (χ1) is 8.95. The Labute approximate surface area is 108 Å². The maximum atomic E-state index is 13.4. The van der Waals surface area contributed by atoms with E-state index in [9.17, 15) is 17.6 Å². The molecule has 0 atom stereocenters. The maximum absolute atomic E-state index is 13.4. The van der Waals surface area contributed by atoms with Crippen molar-refractivity contribution in [2.45, 2.75) is 12.6 Å². The Kier molecular flexibility index (Phi) is 6.04. The van der Waals surface area contributed by atoms with Gasteiger partial charge >= 0.3 is 6.18 Å². The Morgan fingerprint density at radius 1 is 1.21 bits per heavy atom. The summed E-state index contributed by atoms with van der Waals surface area (Å²) in [7, 11) is 0. The fourth-order valence-electron chi connectivity index (χ4n) is 1.42. The smallest absolute Gasteiger partial charge is 0.383 e. The average Bonchev–Trinajstić information content (AvgIpc) is 2.34. The summed E-state index contributed by atoms with van der Waals surface area (Å²) < 4.78 is 55.4. The highest BCUT2D eigenvalue weighted by Crippen LogP contribution is 2.31. The molecule has 0 radical (unpaired) electrons. The van der Waals surface area contributed by atoms with Gasteiger partial charge in [0.25, 0.3) is 0 Å². The molecule has 1 rings (SSSR count). The number of benzene rings is 1. The van der Waals surface area contributed by atoms with Gasteiger partial charge in [0.15, 0.2) is 0 Å². The van der Waals surface area contributed by atoms with Crippen LogP contribution in [0.3, 0.4) is 0 Å². The molecule has 0 unspecified atom stereocenters. The van der Waals surface area contributed by atoms with Crippen molar-refractivity contribution in [3.8, 4) is 0 Å². The Morgan fingerprint density at radius 3 is 2.53 bits per heavy atom. The van der Waals surface area contributed by atoms with Gasteiger partial charge in [-0.25, -0.2) is 4.39 Å². The zero-order valence-corrected chi connectivity index (χ0v) is 10.3. The van der Waals surface area contributed by atoms with Crippen LogP contribution in [0, 0.1) is 5.82 Å². The monoisotopic (exact) mass is 280 g/mol. The fraction of sp³-hybridized carbons (Fsp3) is 0.500. The minimum absolute atomic E-state index is 0.0480. The molecule has 0 amide bonds. The number of anilines is 1. The van der Waals surface area contributed by atoms with Crippen molar-refractivity contribution in [1.29, 1.82) is 0 Å². The van der Waals surface area contributed by atoms with Crippen LogP contribution in [0.15, 0.2) is 18.2 Å². The Balaban J connectivity index is 2.43. The highest BCUT2D eigenvalue weighted by molar-refractivity contribution is 5.46. The van der Waals surface area contributed by atoms with Crippen LogP contribution in [-0.4, -0.2) is 26.3 Å². The Hall–Kier alpha value is -1.34. The molecular weight excluding hydrogens is 264 g/mol. The highest BCUT2D eigenvalue weighted by Gasteiger charge is 2.31. The van der Waals surface area contributed by atoms with Gasteiger partial charge < -0.3 is 15.8 Å². The van der Waals surface area contributed by atoms with Crippen LogP contribution in [0.2, 0.25) is 0 Å². The molecule has 108 valence electrons. The van der Waals surface area contributed by atoms with Crippen molar-refractivity contribution < 1.29 is 22.3 Å². The average molecular weight is 280 g/mol. The second kappa shape index (κ2) is 7.30. The predicted octanol–water partition coefficient (Wildman–Crippen LogP) is 2.62. The van der Waals surface area contributed by atoms with Crippen LogP contribution in [0.25, 0.3) is 0 Å². The van der Waals surface area contributed by atoms with Gasteiger partial charge in [0.1, 0.15) is 5.82 Å². The summed E-state index contributed by atoms with van der Waals surface area (Å²) in [5.74, 6) is -0.919. The standard InChI is InChI=1S/C12H16F4N2O/c13-10-8-9(12(14,15)16)2-3-11(10)18-5-1-6-19-7-4-17/h2-3,8,18H,1,4-7,17H2. The quantitative estimate of drug-likeness (QED) is 0.596. The van der Waals surface area contributed by atoms with Crippen LogP contribution in [0.1, 0.15) is 12.0 Å². The lowest BCUT2D eigenvalue weighted by Crippen LogP contribution is -2.12. The fourth-order valence-corrected chi connectivity index (χ4v) is 1.42. The third kappa shape index (κ3) is 5.44. The molecule has 0 heterocycles. The molecule has 0 aliphatic heterocycles. The molecule has 7 heteroatoms. The van der Waals surface area contributed by atoms with Crippen molar-refractivity contribution in [3.63, 3.8) is 0 Å². The molecule has 0 fully saturated rings. The molecule has 0 saturated heterocycles. The van der Waals surface area contributed by atoms with E-state index in [1.807, 2.05) is 0 Å². The van der Waals surface area contributed by atoms with Crippen LogP contribution >= 0.6 is 0 Å². The largest absolute Gasteiger partial charge is 0.416 e. The van der Waals surface area contributed by atoms with Crippen molar-refractivity contribution in [2.75, 3.05) is 31.6 Å². The van der Waals surface area contributed by atoms with Crippen LogP contribution in [-0.2, 0) is 10.9 Å². The van der Waals surface area contributed by atoms with E-state index in [2.05, 4.69) is 5.32 Å². The number of nitrogens with one attached hydrogen (secondary N) is 1. The molecule has 0 aliphatic rings. The number of rotatable bonds is 7. The second-order valence-corrected chi connectivity index (χ2v) is 3.87. The molecule has 1 aromatic rings. The number of nitrogens with two attached hydrogens (primary N) is 1. The number of halogens is 4. The molecule has 0 saturated carbocycles. The summed E-state index contributed by atoms with van der Waals surface area (Å²) in [5.41, 5.74) is 4.27. The van der Waals surface area contributed by atoms with E-state index in [1.54, 1.807) is 0 Å². The summed E-state index contributed by atoms with van der Waals surface area (Å²) >= 11 is 0. The van der Waals surface area contributed by atoms with E-state index in [0.717, 1.165) is 12.1 Å². The first-order valence-corrected chi connectivity index (χ1v) is 5.83. The molecule has 0 aromatic heterocycles. The summed E-state index contributed by atoms with van der Waals surface area (Å²) in [6.07, 6.45) is -3.92. The lowest BCUT2D eigenvalue weighted by Gasteiger charge is -2.11. The third-order valence-corrected chi connectivity index (χ3v) is 2.34. The molecular formula is C12H16F4N2O. The summed E-state index contributed by atoms with van der Waals surface area (Å²) in [4.78, 5) is 0. The summed E-state index contributed by atoms with van der Waals surface area (Å²) in [6.45, 7) is 1.76. The minimum Gasteiger partial charge on any atom is -0.383 e. The van der Waals surface area contributed by atoms with Gasteiger partial charge in [-0.1, -0.05) is 0 Å². The molecule has 0 spiro atoms. The number of ether oxygens (including phenoxy) is 1. The normalized spacial score (nSPS) is 11.6. The Morgan fingerprint density at radius 2 is 1.95 bits per heavy atom. The van der Waals surface area contributed by atoms with Gasteiger partial charge in [0.05, 0.1) is 17.9 Å². The van der Waals surface area contributed by atoms with Gasteiger partial charge in [0, 0.05) is 19.7 Å². The van der Waals surface area contributed by atoms with Gasteiger partial charge in [-0.2, -0.15) is 13.2 Å². The zero-order valence-electron chi connectivity index (χ0n) is 10.3. The summed E-state index contributed by atoms with van der Waals surface area (Å²) in [6, 6.07) is 2.41. The minimum atomic E-state index is -4.53. The van der Waals surface area contributed by atoms with E-state index >= 15 is 0 Å². The van der Waals surface area contributed by atoms with Crippen LogP contribution in [0.4, 0.5) is 23.2 Å². The molecule has 19 heavy (non-hydrogen) atoms. The van der Waals surface area contributed by atoms with Crippen molar-refractivity contribution in [2.24, 2.45) is 5.73 Å². The Bertz CT molecular complexity index is 396. The van der Waals surface area contributed by atoms with Crippen molar-refractivity contribution in [1.82, 2.24) is 0 Å². The van der Waals surface area contributed by atoms with E-state index in [4.69, 9.17) is 10.5 Å². The maximum Gasteiger partial charge on any atom is 0.416 e. The lowest BCUT2D eigenvalue weighted by molar-refractivity contribution is -0.137. The highest BCUT2D eigenvalue weighted by atomic mass is 19.4. The first kappa shape index (κ1) is 15.7. The molecule has 3 nitrogen and oxygen atoms in total. The van der Waals surface area contributed by atoms with Gasteiger partial charge in [-0.3, -0.25) is 0 Å². The van der Waals surface area contributed by atoms with E-state index in [1.165, 1.54) is 0 Å². The third-order valence-electron chi connectivity index (χ3n) is 2.34. The molecule has 0 aliphatic carbocycles. The summed E-state index contributed by atoms with van der Waals surface area (Å²) in [5, 5.41) is 2.71. The number of hydrogen-bond acceptors (Lipinski definition) is 3. The van der Waals surface area contributed by atoms with E-state index < -0.39 is 17.6 Å². The SMILES string of the molecule is NCCOCCCNc1ccc(C(F)(F)F)cc1F. The predicted molar refractivity (Wildman–Crippen MR) is 64.4 cm³/mol. The van der Waals surface area contributed by atoms with Gasteiger partial charge in [-0.15, -0.1) is 0 Å². The zero-order chi connectivity index (χ0) is 14.3. The number of alkyl halides is 3. The van der Waals surface area contributed by atoms with E-state index in [-0.39, 0.29) is 5.69 Å². The van der Waals surface area contributed by atoms with Crippen molar-refractivity contribution in [3.05, 3.63) is 29.6 Å². The molecule has 3 N–H and O–H groups in total. The topological polar surface area (TPSA) is 47.3 Å². The molecule has 0 bridgehead atoms. The molecule has 1 aromatic carbocycles. The van der Waals surface area contributed by atoms with Gasteiger partial charge in [0.2, 0.25) is 0 Å². The van der Waals surface area contributed by atoms with E-state index in [0.29, 0.717) is 38.8 Å². The number of hydrogen-bond donors (Lipinski definition) is 2. The van der Waals surface area contributed by atoms with Crippen molar-refractivity contribution >= 4 is 5.69 Å². The van der Waals surface area contributed by atoms with Gasteiger partial charge in [-0.05, 0) is 24.6 Å². The lowest BCUT2D eigenvalue weighted by atomic mass is 10.2. The first-order valence-electron chi connectivity index (χ1n) is 5.83. The second-order valence-electron chi connectivity index (χ2n) is 3.87.